The second-order valence-electron chi connectivity index (χ2n) is 14.8. The number of pyridine rings is 1. The van der Waals surface area contributed by atoms with Crippen LogP contribution in [-0.2, 0) is 25.7 Å². The van der Waals surface area contributed by atoms with Crippen molar-refractivity contribution < 1.29 is 0 Å². The first kappa shape index (κ1) is 28.9. The summed E-state index contributed by atoms with van der Waals surface area (Å²) in [5.41, 5.74) is 24.1. The Hall–Kier alpha value is -5.93. The quantitative estimate of drug-likeness (QED) is 0.202. The summed E-state index contributed by atoms with van der Waals surface area (Å²) in [6.07, 6.45) is 6.12. The molecule has 2 aliphatic carbocycles. The smallest absolute Gasteiger partial charge is 0.0579 e. The van der Waals surface area contributed by atoms with Gasteiger partial charge in [0.05, 0.1) is 16.6 Å². The van der Waals surface area contributed by atoms with E-state index in [-0.39, 0.29) is 0 Å². The van der Waals surface area contributed by atoms with E-state index >= 15 is 0 Å². The largest absolute Gasteiger partial charge is 0.354 e. The maximum Gasteiger partial charge on any atom is 0.0579 e. The fraction of sp³-hybridized carbons (Fsp3) is 0.146. The number of rotatable bonds is 3. The fourth-order valence-electron chi connectivity index (χ4n) is 9.58. The summed E-state index contributed by atoms with van der Waals surface area (Å²) in [6.45, 7) is 6.52. The van der Waals surface area contributed by atoms with Crippen LogP contribution in [0.2, 0.25) is 0 Å². The van der Waals surface area contributed by atoms with Gasteiger partial charge < -0.3 is 9.55 Å². The number of aromatic nitrogens is 3. The highest BCUT2D eigenvalue weighted by Crippen LogP contribution is 2.50. The average Bonchev–Trinajstić information content (AvgIpc) is 3.68. The number of hydrogen-bond acceptors (Lipinski definition) is 1. The molecule has 11 rings (SSSR count). The van der Waals surface area contributed by atoms with E-state index in [2.05, 4.69) is 145 Å². The van der Waals surface area contributed by atoms with E-state index < -0.39 is 0 Å². The first-order valence-corrected chi connectivity index (χ1v) is 18.3. The molecular formula is C48H37N3. The third-order valence-electron chi connectivity index (χ3n) is 11.9. The van der Waals surface area contributed by atoms with Gasteiger partial charge in [-0.2, -0.15) is 0 Å². The molecule has 2 aliphatic rings. The molecule has 0 bridgehead atoms. The molecular weight excluding hydrogens is 619 g/mol. The van der Waals surface area contributed by atoms with Gasteiger partial charge in [-0.1, -0.05) is 60.7 Å². The molecule has 3 heterocycles. The molecule has 3 aromatic heterocycles. The normalized spacial score (nSPS) is 13.5. The Morgan fingerprint density at radius 1 is 0.569 bits per heavy atom. The second-order valence-corrected chi connectivity index (χ2v) is 14.8. The number of hydrogen-bond donors (Lipinski definition) is 1. The maximum atomic E-state index is 4.58. The Morgan fingerprint density at radius 2 is 1.22 bits per heavy atom. The Morgan fingerprint density at radius 3 is 1.94 bits per heavy atom. The molecule has 51 heavy (non-hydrogen) atoms. The summed E-state index contributed by atoms with van der Waals surface area (Å²) in [7, 11) is 0. The van der Waals surface area contributed by atoms with E-state index in [1.807, 2.05) is 6.20 Å². The molecule has 9 aromatic rings. The van der Waals surface area contributed by atoms with E-state index in [9.17, 15) is 0 Å². The van der Waals surface area contributed by atoms with Crippen LogP contribution in [0.4, 0.5) is 0 Å². The zero-order chi connectivity index (χ0) is 34.0. The van der Waals surface area contributed by atoms with Gasteiger partial charge in [0.25, 0.3) is 0 Å². The number of fused-ring (bicyclic) bond motifs is 8. The molecule has 6 aromatic carbocycles. The monoisotopic (exact) mass is 655 g/mol. The average molecular weight is 656 g/mol. The summed E-state index contributed by atoms with van der Waals surface area (Å²) >= 11 is 0. The fourth-order valence-corrected chi connectivity index (χ4v) is 9.58. The Bertz CT molecular complexity index is 2950. The predicted octanol–water partition coefficient (Wildman–Crippen LogP) is 11.9. The highest BCUT2D eigenvalue weighted by atomic mass is 15.0. The summed E-state index contributed by atoms with van der Waals surface area (Å²) < 4.78 is 2.53. The standard InChI is InChI=1S/C48H37N3/c1-27-8-4-6-10-35(27)30-14-18-43-39(23-30)41-25-32-13-17-38-46-33(12-16-37(45(32)46)47(41)50-43)26-42-40-24-31(36-11-7-5-9-28(36)2)15-19-44(40)51(48(38)42)34-20-21-49-29(3)22-34/h4-11,14-15,18-26,50H,12-13,16-17H2,1-3H3. The molecule has 0 aliphatic heterocycles. The van der Waals surface area contributed by atoms with Crippen molar-refractivity contribution in [2.45, 2.75) is 46.5 Å². The van der Waals surface area contributed by atoms with Crippen LogP contribution in [-0.4, -0.2) is 14.5 Å². The van der Waals surface area contributed by atoms with Crippen molar-refractivity contribution in [2.24, 2.45) is 0 Å². The van der Waals surface area contributed by atoms with Crippen molar-refractivity contribution in [1.82, 2.24) is 14.5 Å². The van der Waals surface area contributed by atoms with Gasteiger partial charge in [-0.15, -0.1) is 0 Å². The van der Waals surface area contributed by atoms with E-state index in [0.717, 1.165) is 31.4 Å². The molecule has 1 N–H and O–H groups in total. The van der Waals surface area contributed by atoms with Crippen LogP contribution in [0.1, 0.15) is 39.1 Å². The third-order valence-corrected chi connectivity index (χ3v) is 11.9. The van der Waals surface area contributed by atoms with E-state index in [1.165, 1.54) is 116 Å². The molecule has 0 atom stereocenters. The zero-order valence-electron chi connectivity index (χ0n) is 29.2. The van der Waals surface area contributed by atoms with E-state index in [0.29, 0.717) is 0 Å². The molecule has 0 unspecified atom stereocenters. The Balaban J connectivity index is 1.19. The minimum absolute atomic E-state index is 1.03. The topological polar surface area (TPSA) is 33.6 Å². The van der Waals surface area contributed by atoms with Crippen LogP contribution in [0.15, 0.2) is 115 Å². The first-order valence-electron chi connectivity index (χ1n) is 18.3. The van der Waals surface area contributed by atoms with E-state index in [1.54, 1.807) is 0 Å². The second kappa shape index (κ2) is 10.5. The molecule has 0 radical (unpaired) electrons. The van der Waals surface area contributed by atoms with Crippen molar-refractivity contribution in [3.63, 3.8) is 0 Å². The van der Waals surface area contributed by atoms with Gasteiger partial charge in [0.1, 0.15) is 0 Å². The lowest BCUT2D eigenvalue weighted by atomic mass is 9.74. The zero-order valence-corrected chi connectivity index (χ0v) is 29.2. The number of H-pyrrole nitrogens is 1. The minimum atomic E-state index is 1.03. The maximum absolute atomic E-state index is 4.58. The Kier molecular flexibility index (Phi) is 5.96. The molecule has 3 heteroatoms. The van der Waals surface area contributed by atoms with Gasteiger partial charge in [-0.3, -0.25) is 4.98 Å². The van der Waals surface area contributed by atoms with Crippen molar-refractivity contribution in [2.75, 3.05) is 0 Å². The summed E-state index contributed by atoms with van der Waals surface area (Å²) in [6, 6.07) is 41.0. The van der Waals surface area contributed by atoms with Crippen LogP contribution in [0.3, 0.4) is 0 Å². The molecule has 0 saturated carbocycles. The summed E-state index contributed by atoms with van der Waals surface area (Å²) in [5.74, 6) is 0. The summed E-state index contributed by atoms with van der Waals surface area (Å²) in [5, 5.41) is 5.39. The third kappa shape index (κ3) is 4.09. The molecule has 0 spiro atoms. The van der Waals surface area contributed by atoms with Crippen LogP contribution < -0.4 is 0 Å². The van der Waals surface area contributed by atoms with Crippen molar-refractivity contribution >= 4 is 43.6 Å². The molecule has 3 nitrogen and oxygen atoms in total. The van der Waals surface area contributed by atoms with Crippen molar-refractivity contribution in [1.29, 1.82) is 0 Å². The van der Waals surface area contributed by atoms with Crippen molar-refractivity contribution in [3.05, 3.63) is 154 Å². The van der Waals surface area contributed by atoms with Gasteiger partial charge in [0.15, 0.2) is 0 Å². The molecule has 0 amide bonds. The van der Waals surface area contributed by atoms with Crippen molar-refractivity contribution in [3.8, 4) is 39.1 Å². The van der Waals surface area contributed by atoms with Crippen LogP contribution >= 0.6 is 0 Å². The number of nitrogens with one attached hydrogen (secondary N) is 1. The van der Waals surface area contributed by atoms with Gasteiger partial charge in [-0.05, 0) is 162 Å². The minimum Gasteiger partial charge on any atom is -0.354 e. The molecule has 244 valence electrons. The Labute approximate surface area is 297 Å². The SMILES string of the molecule is Cc1cc(-n2c3ccc(-c4ccccc4C)cc3c3cc4c5c(c32)CCc2cc3c([nH]c6ccc(-c7ccccc7C)cc63)c(c2-5)CC4)ccn1. The first-order chi connectivity index (χ1) is 25.0. The number of benzene rings is 6. The van der Waals surface area contributed by atoms with Gasteiger partial charge >= 0.3 is 0 Å². The van der Waals surface area contributed by atoms with E-state index in [4.69, 9.17) is 0 Å². The van der Waals surface area contributed by atoms with Gasteiger partial charge in [-0.25, -0.2) is 0 Å². The van der Waals surface area contributed by atoms with Crippen LogP contribution in [0.5, 0.6) is 0 Å². The van der Waals surface area contributed by atoms with Crippen LogP contribution in [0, 0.1) is 20.8 Å². The predicted molar refractivity (Wildman–Crippen MR) is 213 cm³/mol. The van der Waals surface area contributed by atoms with Gasteiger partial charge in [0, 0.05) is 44.6 Å². The highest BCUT2D eigenvalue weighted by molar-refractivity contribution is 6.16. The molecule has 0 saturated heterocycles. The number of nitrogens with zero attached hydrogens (tertiary/aromatic N) is 2. The van der Waals surface area contributed by atoms with Gasteiger partial charge in [0.2, 0.25) is 0 Å². The lowest BCUT2D eigenvalue weighted by Crippen LogP contribution is -2.15. The molecule has 0 fully saturated rings. The lowest BCUT2D eigenvalue weighted by molar-refractivity contribution is 0.885. The number of aryl methyl sites for hydroxylation is 7. The summed E-state index contributed by atoms with van der Waals surface area (Å²) in [4.78, 5) is 8.50. The van der Waals surface area contributed by atoms with Crippen LogP contribution in [0.25, 0.3) is 82.7 Å². The highest BCUT2D eigenvalue weighted by Gasteiger charge is 2.32. The lowest BCUT2D eigenvalue weighted by Gasteiger charge is -2.31. The number of aromatic amines is 1.